The molecular formula is C20H58O6P2S2. The summed E-state index contributed by atoms with van der Waals surface area (Å²) in [6, 6.07) is 0. The van der Waals surface area contributed by atoms with Crippen molar-refractivity contribution in [3.05, 3.63) is 0 Å². The maximum Gasteiger partial charge on any atom is 0.319 e. The zero-order valence-corrected chi connectivity index (χ0v) is 25.5. The van der Waals surface area contributed by atoms with Gasteiger partial charge in [-0.1, -0.05) is 134 Å². The average molecular weight is 521 g/mol. The van der Waals surface area contributed by atoms with Crippen LogP contribution in [0.5, 0.6) is 0 Å². The fourth-order valence-electron chi connectivity index (χ4n) is 0. The molecule has 0 fully saturated rings. The molecular weight excluding hydrogens is 462 g/mol. The van der Waals surface area contributed by atoms with Crippen LogP contribution >= 0.6 is 13.4 Å². The number of rotatable bonds is 4. The van der Waals surface area contributed by atoms with E-state index in [1.165, 1.54) is 51.4 Å². The summed E-state index contributed by atoms with van der Waals surface area (Å²) >= 11 is 7.21. The Bertz CT molecular complexity index is 226. The van der Waals surface area contributed by atoms with Crippen LogP contribution in [0.15, 0.2) is 0 Å². The number of hydrogen-bond acceptors (Lipinski definition) is 2. The highest BCUT2D eigenvalue weighted by molar-refractivity contribution is 8.06. The molecule has 0 aliphatic heterocycles. The molecule has 0 aromatic carbocycles. The molecule has 0 saturated heterocycles. The van der Waals surface area contributed by atoms with E-state index in [-0.39, 0.29) is 0 Å². The lowest BCUT2D eigenvalue weighted by Gasteiger charge is -1.88. The zero-order chi connectivity index (χ0) is 26.7. The van der Waals surface area contributed by atoms with Crippen LogP contribution in [0.4, 0.5) is 0 Å². The molecule has 0 heterocycles. The van der Waals surface area contributed by atoms with Gasteiger partial charge < -0.3 is 29.4 Å². The van der Waals surface area contributed by atoms with Gasteiger partial charge in [0.1, 0.15) is 0 Å². The second-order valence-corrected chi connectivity index (χ2v) is 10.0. The summed E-state index contributed by atoms with van der Waals surface area (Å²) < 4.78 is 0. The summed E-state index contributed by atoms with van der Waals surface area (Å²) in [6.07, 6.45) is 10.6. The van der Waals surface area contributed by atoms with Crippen molar-refractivity contribution in [1.29, 1.82) is 0 Å². The van der Waals surface area contributed by atoms with Crippen molar-refractivity contribution < 1.29 is 29.4 Å². The maximum atomic E-state index is 7.56. The summed E-state index contributed by atoms with van der Waals surface area (Å²) in [5.74, 6) is 0. The largest absolute Gasteiger partial charge is 0.325 e. The van der Waals surface area contributed by atoms with Crippen LogP contribution in [0.3, 0.4) is 0 Å². The summed E-state index contributed by atoms with van der Waals surface area (Å²) in [5, 5.41) is 0. The van der Waals surface area contributed by atoms with Crippen LogP contribution in [0.2, 0.25) is 0 Å². The second-order valence-electron chi connectivity index (χ2n) is 5.03. The fourth-order valence-corrected chi connectivity index (χ4v) is 0. The molecule has 0 saturated carbocycles. The smallest absolute Gasteiger partial charge is 0.319 e. The monoisotopic (exact) mass is 520 g/mol. The van der Waals surface area contributed by atoms with E-state index in [4.69, 9.17) is 29.4 Å². The lowest BCUT2D eigenvalue weighted by atomic mass is 10.4. The highest BCUT2D eigenvalue weighted by Crippen LogP contribution is 2.26. The lowest BCUT2D eigenvalue weighted by molar-refractivity contribution is 0.361. The highest BCUT2D eigenvalue weighted by atomic mass is 32.5. The van der Waals surface area contributed by atoms with Crippen LogP contribution in [0.1, 0.15) is 134 Å². The first-order valence-electron chi connectivity index (χ1n) is 11.2. The van der Waals surface area contributed by atoms with Gasteiger partial charge in [-0.15, -0.1) is 0 Å². The van der Waals surface area contributed by atoms with E-state index in [1.807, 2.05) is 27.7 Å². The van der Waals surface area contributed by atoms with Crippen molar-refractivity contribution in [2.75, 3.05) is 0 Å². The molecule has 0 spiro atoms. The molecule has 0 aliphatic carbocycles. The first kappa shape index (κ1) is 52.8. The molecule has 0 aromatic heterocycles. The minimum Gasteiger partial charge on any atom is -0.325 e. The first-order valence-corrected chi connectivity index (χ1v) is 16.5. The Labute approximate surface area is 200 Å². The molecule has 6 N–H and O–H groups in total. The predicted octanol–water partition coefficient (Wildman–Crippen LogP) is 7.65. The third-order valence-electron chi connectivity index (χ3n) is 2.00. The van der Waals surface area contributed by atoms with Gasteiger partial charge in [-0.05, 0) is 23.6 Å². The van der Waals surface area contributed by atoms with Gasteiger partial charge in [-0.25, -0.2) is 0 Å². The minimum absolute atomic E-state index is 1.32. The minimum atomic E-state index is -3.81. The van der Waals surface area contributed by atoms with Crippen molar-refractivity contribution >= 4 is 37.1 Å². The SMILES string of the molecule is CC.CC.CCCC.CCCC.CCCC.CCCC.OP(O)(O)=S.OP(O)(O)=S. The van der Waals surface area contributed by atoms with Crippen LogP contribution in [-0.2, 0) is 23.6 Å². The third-order valence-corrected chi connectivity index (χ3v) is 2.00. The normalized spacial score (nSPS) is 8.33. The molecule has 0 bridgehead atoms. The topological polar surface area (TPSA) is 121 Å². The van der Waals surface area contributed by atoms with Crippen LogP contribution in [-0.4, -0.2) is 29.4 Å². The van der Waals surface area contributed by atoms with Crippen molar-refractivity contribution in [3.63, 3.8) is 0 Å². The van der Waals surface area contributed by atoms with Crippen LogP contribution in [0.25, 0.3) is 0 Å². The fraction of sp³-hybridized carbons (Fsp3) is 1.00. The van der Waals surface area contributed by atoms with E-state index >= 15 is 0 Å². The van der Waals surface area contributed by atoms with Gasteiger partial charge in [-0.3, -0.25) is 0 Å². The van der Waals surface area contributed by atoms with E-state index < -0.39 is 13.4 Å². The summed E-state index contributed by atoms with van der Waals surface area (Å²) in [7, 11) is 0. The molecule has 10 heteroatoms. The zero-order valence-electron chi connectivity index (χ0n) is 22.1. The molecule has 0 aliphatic rings. The highest BCUT2D eigenvalue weighted by Gasteiger charge is 1.92. The average Bonchev–Trinajstić information content (AvgIpc) is 2.68. The molecule has 0 atom stereocenters. The Morgan fingerprint density at radius 2 is 0.400 bits per heavy atom. The molecule has 196 valence electrons. The Balaban J connectivity index is -0.0000000313. The third kappa shape index (κ3) is 894. The van der Waals surface area contributed by atoms with Gasteiger partial charge >= 0.3 is 13.4 Å². The lowest BCUT2D eigenvalue weighted by Crippen LogP contribution is -1.65. The molecule has 30 heavy (non-hydrogen) atoms. The van der Waals surface area contributed by atoms with Gasteiger partial charge in [0.2, 0.25) is 0 Å². The van der Waals surface area contributed by atoms with Gasteiger partial charge in [0, 0.05) is 0 Å². The summed E-state index contributed by atoms with van der Waals surface area (Å²) in [5.41, 5.74) is 0. The Morgan fingerprint density at radius 3 is 0.400 bits per heavy atom. The maximum absolute atomic E-state index is 7.56. The van der Waals surface area contributed by atoms with Gasteiger partial charge in [0.05, 0.1) is 0 Å². The van der Waals surface area contributed by atoms with E-state index in [1.54, 1.807) is 0 Å². The van der Waals surface area contributed by atoms with E-state index in [9.17, 15) is 0 Å². The Morgan fingerprint density at radius 1 is 0.367 bits per heavy atom. The van der Waals surface area contributed by atoms with Gasteiger partial charge in [0.25, 0.3) is 0 Å². The molecule has 0 rings (SSSR count). The molecule has 0 amide bonds. The summed E-state index contributed by atoms with van der Waals surface area (Å²) in [6.45, 7) is 17.8. The first-order chi connectivity index (χ1) is 13.7. The quantitative estimate of drug-likeness (QED) is 0.209. The predicted molar refractivity (Wildman–Crippen MR) is 147 cm³/mol. The van der Waals surface area contributed by atoms with Crippen molar-refractivity contribution in [3.8, 4) is 0 Å². The molecule has 0 unspecified atom stereocenters. The molecule has 6 nitrogen and oxygen atoms in total. The van der Waals surface area contributed by atoms with Crippen LogP contribution < -0.4 is 0 Å². The van der Waals surface area contributed by atoms with E-state index in [2.05, 4.69) is 79.0 Å². The van der Waals surface area contributed by atoms with Crippen molar-refractivity contribution in [1.82, 2.24) is 0 Å². The van der Waals surface area contributed by atoms with Crippen molar-refractivity contribution in [2.24, 2.45) is 0 Å². The molecule has 0 radical (unpaired) electrons. The van der Waals surface area contributed by atoms with Crippen LogP contribution in [0, 0.1) is 0 Å². The van der Waals surface area contributed by atoms with E-state index in [0.717, 1.165) is 0 Å². The van der Waals surface area contributed by atoms with Crippen molar-refractivity contribution in [2.45, 2.75) is 134 Å². The Kier molecular flexibility index (Phi) is 101. The number of unbranched alkanes of at least 4 members (excludes halogenated alkanes) is 4. The summed E-state index contributed by atoms with van der Waals surface area (Å²) in [4.78, 5) is 45.3. The molecule has 0 aromatic rings. The standard InChI is InChI=1S/4C4H10.2C2H6.2H3O3PS/c4*1-3-4-2;2*1-2;2*1-4(2,3)5/h4*3-4H2,1-2H3;2*1-2H3;2*(H3,1,2,3,5). The van der Waals surface area contributed by atoms with Gasteiger partial charge in [-0.2, -0.15) is 0 Å². The second kappa shape index (κ2) is 57.2. The Hall–Kier alpha value is 1.06. The van der Waals surface area contributed by atoms with Gasteiger partial charge in [0.15, 0.2) is 0 Å². The number of hydrogen-bond donors (Lipinski definition) is 6. The van der Waals surface area contributed by atoms with E-state index in [0.29, 0.717) is 0 Å².